The van der Waals surface area contributed by atoms with E-state index in [-0.39, 0.29) is 5.92 Å². The van der Waals surface area contributed by atoms with Crippen LogP contribution in [-0.4, -0.2) is 58.0 Å². The fourth-order valence-electron chi connectivity index (χ4n) is 4.62. The van der Waals surface area contributed by atoms with Gasteiger partial charge in [0.05, 0.1) is 68.7 Å². The summed E-state index contributed by atoms with van der Waals surface area (Å²) >= 11 is 7.16. The summed E-state index contributed by atoms with van der Waals surface area (Å²) < 4.78 is 37.5. The molecule has 6 nitrogen and oxygen atoms in total. The third kappa shape index (κ3) is 8.15. The molecule has 3 aromatic rings. The Hall–Kier alpha value is -0.870. The standard InChI is InChI=1S/C31H31I3O6/c32-25-13-19(1-4-28(25)35-10-7-22-16-38-22)31(20-2-5-29(26(33)14-20)36-11-8-23-17-39-23)21-3-6-30(27(34)15-21)37-12-9-24-18-40-24/h1-6,13-15,22-24,31H,7-12,16-18H2. The van der Waals surface area contributed by atoms with Crippen molar-refractivity contribution < 1.29 is 28.4 Å². The van der Waals surface area contributed by atoms with Crippen LogP contribution < -0.4 is 14.2 Å². The van der Waals surface area contributed by atoms with Crippen LogP contribution in [0.15, 0.2) is 54.6 Å². The van der Waals surface area contributed by atoms with E-state index in [1.807, 2.05) is 0 Å². The van der Waals surface area contributed by atoms with E-state index in [4.69, 9.17) is 28.4 Å². The second-order valence-electron chi connectivity index (χ2n) is 10.3. The number of epoxide rings is 3. The Morgan fingerprint density at radius 1 is 0.550 bits per heavy atom. The molecule has 3 unspecified atom stereocenters. The van der Waals surface area contributed by atoms with Crippen LogP contribution in [0.25, 0.3) is 0 Å². The van der Waals surface area contributed by atoms with E-state index in [0.29, 0.717) is 38.1 Å². The molecule has 0 amide bonds. The van der Waals surface area contributed by atoms with Gasteiger partial charge in [0.1, 0.15) is 17.2 Å². The molecule has 3 fully saturated rings. The van der Waals surface area contributed by atoms with Gasteiger partial charge in [0.2, 0.25) is 0 Å². The van der Waals surface area contributed by atoms with Crippen LogP contribution in [0, 0.1) is 10.7 Å². The Kier molecular flexibility index (Phi) is 9.95. The molecule has 212 valence electrons. The maximum atomic E-state index is 6.08. The second kappa shape index (κ2) is 13.6. The van der Waals surface area contributed by atoms with Gasteiger partial charge in [-0.15, -0.1) is 0 Å². The fraction of sp³-hybridized carbons (Fsp3) is 0.419. The van der Waals surface area contributed by atoms with Crippen LogP contribution in [-0.2, 0) is 14.2 Å². The number of ether oxygens (including phenoxy) is 6. The van der Waals surface area contributed by atoms with Crippen molar-refractivity contribution >= 4 is 67.8 Å². The van der Waals surface area contributed by atoms with Gasteiger partial charge >= 0.3 is 0 Å². The van der Waals surface area contributed by atoms with Crippen LogP contribution >= 0.6 is 67.8 Å². The highest BCUT2D eigenvalue weighted by Crippen LogP contribution is 2.39. The van der Waals surface area contributed by atoms with Crippen molar-refractivity contribution in [2.24, 2.45) is 0 Å². The minimum Gasteiger partial charge on any atom is -0.492 e. The Labute approximate surface area is 276 Å². The summed E-state index contributed by atoms with van der Waals surface area (Å²) in [6, 6.07) is 19.6. The number of benzene rings is 3. The van der Waals surface area contributed by atoms with Crippen LogP contribution in [0.4, 0.5) is 0 Å². The second-order valence-corrected chi connectivity index (χ2v) is 13.8. The lowest BCUT2D eigenvalue weighted by atomic mass is 9.85. The number of hydrogen-bond donors (Lipinski definition) is 0. The van der Waals surface area contributed by atoms with E-state index in [0.717, 1.165) is 67.0 Å². The molecule has 9 heteroatoms. The molecule has 3 aliphatic heterocycles. The largest absolute Gasteiger partial charge is 0.492 e. The maximum Gasteiger partial charge on any atom is 0.132 e. The van der Waals surface area contributed by atoms with E-state index in [9.17, 15) is 0 Å². The highest BCUT2D eigenvalue weighted by atomic mass is 127. The van der Waals surface area contributed by atoms with Gasteiger partial charge in [0, 0.05) is 25.2 Å². The molecule has 0 radical (unpaired) electrons. The lowest BCUT2D eigenvalue weighted by molar-refractivity contribution is 0.281. The highest BCUT2D eigenvalue weighted by molar-refractivity contribution is 14.1. The van der Waals surface area contributed by atoms with Gasteiger partial charge in [-0.05, 0) is 121 Å². The first-order chi connectivity index (χ1) is 19.5. The fourth-order valence-corrected chi connectivity index (χ4v) is 6.71. The highest BCUT2D eigenvalue weighted by Gasteiger charge is 2.25. The molecular formula is C31H31I3O6. The Balaban J connectivity index is 1.25. The van der Waals surface area contributed by atoms with E-state index in [2.05, 4.69) is 122 Å². The summed E-state index contributed by atoms with van der Waals surface area (Å²) in [4.78, 5) is 0. The first-order valence-electron chi connectivity index (χ1n) is 13.6. The summed E-state index contributed by atoms with van der Waals surface area (Å²) in [5, 5.41) is 0. The topological polar surface area (TPSA) is 65.3 Å². The predicted octanol–water partition coefficient (Wildman–Crippen LogP) is 7.18. The van der Waals surface area contributed by atoms with Crippen molar-refractivity contribution in [3.05, 3.63) is 82.0 Å². The average molecular weight is 880 g/mol. The van der Waals surface area contributed by atoms with Crippen LogP contribution in [0.1, 0.15) is 41.9 Å². The van der Waals surface area contributed by atoms with Gasteiger partial charge in [-0.2, -0.15) is 0 Å². The first-order valence-corrected chi connectivity index (χ1v) is 16.9. The lowest BCUT2D eigenvalue weighted by Crippen LogP contribution is -2.08. The van der Waals surface area contributed by atoms with E-state index in [1.165, 1.54) is 16.7 Å². The van der Waals surface area contributed by atoms with Gasteiger partial charge < -0.3 is 28.4 Å². The van der Waals surface area contributed by atoms with Crippen molar-refractivity contribution in [3.8, 4) is 17.2 Å². The molecule has 0 bridgehead atoms. The molecule has 3 aromatic carbocycles. The molecule has 40 heavy (non-hydrogen) atoms. The van der Waals surface area contributed by atoms with Gasteiger partial charge in [-0.25, -0.2) is 0 Å². The zero-order chi connectivity index (χ0) is 27.5. The minimum absolute atomic E-state index is 0.0484. The van der Waals surface area contributed by atoms with E-state index in [1.54, 1.807) is 0 Å². The SMILES string of the molecule is Ic1cc(C(c2ccc(OCCC3CO3)c(I)c2)c2ccc(OCCC3CO3)c(I)c2)ccc1OCCC1CO1. The summed E-state index contributed by atoms with van der Waals surface area (Å²) in [5.41, 5.74) is 3.65. The third-order valence-corrected chi connectivity index (χ3v) is 9.70. The van der Waals surface area contributed by atoms with Crippen molar-refractivity contribution in [2.45, 2.75) is 43.5 Å². The zero-order valence-corrected chi connectivity index (χ0v) is 28.4. The van der Waals surface area contributed by atoms with E-state index >= 15 is 0 Å². The number of hydrogen-bond acceptors (Lipinski definition) is 6. The Morgan fingerprint density at radius 2 is 0.850 bits per heavy atom. The Bertz CT molecular complexity index is 1160. The molecule has 0 spiro atoms. The smallest absolute Gasteiger partial charge is 0.132 e. The van der Waals surface area contributed by atoms with Gasteiger partial charge in [0.15, 0.2) is 0 Å². The molecule has 0 N–H and O–H groups in total. The molecule has 3 atom stereocenters. The molecular weight excluding hydrogens is 849 g/mol. The molecule has 3 heterocycles. The summed E-state index contributed by atoms with van der Waals surface area (Å²) in [7, 11) is 0. The lowest BCUT2D eigenvalue weighted by Gasteiger charge is -2.22. The maximum absolute atomic E-state index is 6.08. The van der Waals surface area contributed by atoms with Crippen LogP contribution in [0.5, 0.6) is 17.2 Å². The van der Waals surface area contributed by atoms with Crippen molar-refractivity contribution in [1.29, 1.82) is 0 Å². The molecule has 0 aromatic heterocycles. The van der Waals surface area contributed by atoms with Crippen molar-refractivity contribution in [1.82, 2.24) is 0 Å². The number of rotatable bonds is 15. The van der Waals surface area contributed by atoms with Gasteiger partial charge in [-0.3, -0.25) is 0 Å². The quantitative estimate of drug-likeness (QED) is 0.0917. The third-order valence-electron chi connectivity index (χ3n) is 7.17. The number of halogens is 3. The summed E-state index contributed by atoms with van der Waals surface area (Å²) in [6.45, 7) is 4.58. The first kappa shape index (κ1) is 29.2. The van der Waals surface area contributed by atoms with Crippen molar-refractivity contribution in [3.63, 3.8) is 0 Å². The average Bonchev–Trinajstić information content (AvgIpc) is 3.78. The zero-order valence-electron chi connectivity index (χ0n) is 22.0. The Morgan fingerprint density at radius 3 is 1.10 bits per heavy atom. The molecule has 0 saturated carbocycles. The molecule has 0 aliphatic carbocycles. The summed E-state index contributed by atoms with van der Waals surface area (Å²) in [6.07, 6.45) is 3.91. The van der Waals surface area contributed by atoms with Crippen molar-refractivity contribution in [2.75, 3.05) is 39.6 Å². The van der Waals surface area contributed by atoms with Gasteiger partial charge in [0.25, 0.3) is 0 Å². The van der Waals surface area contributed by atoms with Gasteiger partial charge in [-0.1, -0.05) is 18.2 Å². The van der Waals surface area contributed by atoms with Crippen LogP contribution in [0.3, 0.4) is 0 Å². The van der Waals surface area contributed by atoms with E-state index < -0.39 is 0 Å². The molecule has 6 rings (SSSR count). The summed E-state index contributed by atoms with van der Waals surface area (Å²) in [5.74, 6) is 2.80. The minimum atomic E-state index is 0.0484. The predicted molar refractivity (Wildman–Crippen MR) is 178 cm³/mol. The molecule has 3 saturated heterocycles. The monoisotopic (exact) mass is 880 g/mol. The molecule has 3 aliphatic rings. The normalized spacial score (nSPS) is 21.5. The van der Waals surface area contributed by atoms with Crippen LogP contribution in [0.2, 0.25) is 0 Å².